The molecular weight excluding hydrogens is 778 g/mol. The summed E-state index contributed by atoms with van der Waals surface area (Å²) in [5.41, 5.74) is 0.143. The number of H-pyrrole nitrogens is 1. The zero-order chi connectivity index (χ0) is 41.5. The molecule has 3 fully saturated rings. The lowest BCUT2D eigenvalue weighted by Gasteiger charge is -2.37. The summed E-state index contributed by atoms with van der Waals surface area (Å²) in [6, 6.07) is 25.2. The number of alkyl halides is 1. The van der Waals surface area contributed by atoms with E-state index in [1.165, 1.54) is 10.9 Å². The van der Waals surface area contributed by atoms with Gasteiger partial charge < -0.3 is 28.0 Å². The van der Waals surface area contributed by atoms with Crippen molar-refractivity contribution in [3.63, 3.8) is 0 Å². The molecule has 14 nitrogen and oxygen atoms in total. The number of carbonyl (C=O) groups is 1. The van der Waals surface area contributed by atoms with Gasteiger partial charge in [-0.05, 0) is 67.8 Å². The topological polar surface area (TPSA) is 151 Å². The third kappa shape index (κ3) is 7.64. The number of carbonyl (C=O) groups excluding carboxylic acids is 1. The first kappa shape index (κ1) is 41.0. The van der Waals surface area contributed by atoms with Crippen LogP contribution in [0.2, 0.25) is 0 Å². The quantitative estimate of drug-likeness (QED) is 0.0913. The van der Waals surface area contributed by atoms with Gasteiger partial charge >= 0.3 is 0 Å². The molecule has 1 amide bonds. The summed E-state index contributed by atoms with van der Waals surface area (Å²) in [5.74, 6) is 0.528. The number of hydrogen-bond donors (Lipinski definition) is 2. The number of fused-ring (bicyclic) bond motifs is 2. The van der Waals surface area contributed by atoms with Crippen molar-refractivity contribution in [3.05, 3.63) is 112 Å². The fraction of sp³-hybridized carbons (Fsp3) is 0.442. The fourth-order valence-corrected chi connectivity index (χ4v) is 10.4. The van der Waals surface area contributed by atoms with Crippen LogP contribution in [0.1, 0.15) is 69.4 Å². The van der Waals surface area contributed by atoms with E-state index in [1.54, 1.807) is 28.1 Å². The Hall–Kier alpha value is -4.76. The van der Waals surface area contributed by atoms with Crippen molar-refractivity contribution in [2.75, 3.05) is 33.2 Å². The molecule has 16 heteroatoms. The molecule has 2 aromatic heterocycles. The van der Waals surface area contributed by atoms with E-state index in [9.17, 15) is 9.59 Å². The van der Waals surface area contributed by atoms with Gasteiger partial charge in [0.1, 0.15) is 29.3 Å². The van der Waals surface area contributed by atoms with Crippen molar-refractivity contribution in [1.29, 1.82) is 0 Å². The Bertz CT molecular complexity index is 2260. The molecule has 4 heterocycles. The number of likely N-dealkylation sites (N-methyl/N-ethyl adjacent to an activating group) is 1. The molecule has 312 valence electrons. The normalized spacial score (nSPS) is 26.0. The van der Waals surface area contributed by atoms with Crippen molar-refractivity contribution in [1.82, 2.24) is 24.2 Å². The Kier molecular flexibility index (Phi) is 11.6. The summed E-state index contributed by atoms with van der Waals surface area (Å²) in [6.07, 6.45) is -0.0504. The maximum Gasteiger partial charge on any atom is 0.280 e. The van der Waals surface area contributed by atoms with Crippen LogP contribution in [0, 0.1) is 5.92 Å². The third-order valence-corrected chi connectivity index (χ3v) is 13.5. The summed E-state index contributed by atoms with van der Waals surface area (Å²) in [4.78, 5) is 37.1. The van der Waals surface area contributed by atoms with Crippen molar-refractivity contribution in [2.24, 2.45) is 5.92 Å². The van der Waals surface area contributed by atoms with Crippen LogP contribution in [-0.2, 0) is 28.9 Å². The van der Waals surface area contributed by atoms with E-state index in [2.05, 4.69) is 31.9 Å². The molecule has 0 unspecified atom stereocenters. The van der Waals surface area contributed by atoms with E-state index in [0.717, 1.165) is 42.4 Å². The summed E-state index contributed by atoms with van der Waals surface area (Å²) in [5, 5.41) is 2.63. The van der Waals surface area contributed by atoms with Gasteiger partial charge in [0.25, 0.3) is 14.1 Å². The zero-order valence-electron chi connectivity index (χ0n) is 34.0. The summed E-state index contributed by atoms with van der Waals surface area (Å²) in [6.45, 7) is 5.40. The molecule has 0 radical (unpaired) electrons. The molecular formula is C43H50FN6O8P. The molecule has 2 saturated heterocycles. The molecule has 2 N–H and O–H groups in total. The number of amides is 1. The van der Waals surface area contributed by atoms with Crippen molar-refractivity contribution in [2.45, 2.75) is 88.3 Å². The van der Waals surface area contributed by atoms with Crippen LogP contribution < -0.4 is 20.3 Å². The van der Waals surface area contributed by atoms with Gasteiger partial charge in [-0.2, -0.15) is 4.98 Å². The summed E-state index contributed by atoms with van der Waals surface area (Å²) in [7, 11) is 3.49. The smallest absolute Gasteiger partial charge is 0.280 e. The van der Waals surface area contributed by atoms with Gasteiger partial charge in [0.2, 0.25) is 11.9 Å². The molecule has 8 rings (SSSR count). The Morgan fingerprint density at radius 1 is 1.02 bits per heavy atom. The average Bonchev–Trinajstić information content (AvgIpc) is 3.89. The zero-order valence-corrected chi connectivity index (χ0v) is 34.9. The minimum atomic E-state index is -1.79. The molecule has 1 aliphatic carbocycles. The molecule has 3 aliphatic rings. The number of ether oxygens (including phenoxy) is 4. The highest BCUT2D eigenvalue weighted by molar-refractivity contribution is 7.45. The highest BCUT2D eigenvalue weighted by Gasteiger charge is 2.56. The van der Waals surface area contributed by atoms with Crippen molar-refractivity contribution >= 4 is 31.5 Å². The van der Waals surface area contributed by atoms with Crippen LogP contribution in [0.25, 0.3) is 11.2 Å². The van der Waals surface area contributed by atoms with Crippen LogP contribution in [0.4, 0.5) is 10.3 Å². The van der Waals surface area contributed by atoms with Gasteiger partial charge in [0.15, 0.2) is 23.6 Å². The number of imidazole rings is 1. The lowest BCUT2D eigenvalue weighted by atomic mass is 9.80. The summed E-state index contributed by atoms with van der Waals surface area (Å²) < 4.78 is 59.3. The Morgan fingerprint density at radius 2 is 1.66 bits per heavy atom. The number of methoxy groups -OCH3 is 2. The first-order valence-electron chi connectivity index (χ1n) is 19.9. The number of halogens is 1. The van der Waals surface area contributed by atoms with E-state index in [0.29, 0.717) is 11.5 Å². The standard InChI is InChI=1S/C43H50FN6O8P/c1-26(2)38(51)47-41-46-37-35(39(52)48-41)45-25-50(37)40-34(44)36(57-59-49(4)33-14-10-11-23-42(33,3)58-59)32(56-40)24-55-43(27-12-8-7-9-13-27,28-15-19-30(53-5)20-16-28)29-17-21-31(54-6)22-18-29/h7-9,12-13,15-22,25-26,32-34,36,40H,10-11,14,23-24H2,1-6H3,(H2,46,47,48,51,52)/t32-,33+,34-,36-,40-,42+,59+/m1/s1. The molecule has 1 saturated carbocycles. The first-order valence-corrected chi connectivity index (χ1v) is 21.0. The monoisotopic (exact) mass is 828 g/mol. The lowest BCUT2D eigenvalue weighted by Crippen LogP contribution is -2.43. The maximum atomic E-state index is 17.5. The van der Waals surface area contributed by atoms with Gasteiger partial charge in [-0.1, -0.05) is 81.3 Å². The fourth-order valence-electron chi connectivity index (χ4n) is 8.42. The predicted octanol–water partition coefficient (Wildman–Crippen LogP) is 7.25. The highest BCUT2D eigenvalue weighted by atomic mass is 31.2. The van der Waals surface area contributed by atoms with E-state index in [-0.39, 0.29) is 41.6 Å². The largest absolute Gasteiger partial charge is 0.497 e. The molecule has 0 bridgehead atoms. The number of aromatic amines is 1. The third-order valence-electron chi connectivity index (χ3n) is 11.7. The number of benzene rings is 3. The number of nitrogens with one attached hydrogen (secondary N) is 2. The number of aromatic nitrogens is 4. The van der Waals surface area contributed by atoms with Gasteiger partial charge in [0, 0.05) is 12.0 Å². The van der Waals surface area contributed by atoms with Crippen molar-refractivity contribution < 1.29 is 37.2 Å². The second kappa shape index (κ2) is 16.7. The molecule has 3 aromatic carbocycles. The van der Waals surface area contributed by atoms with Crippen LogP contribution in [0.3, 0.4) is 0 Å². The van der Waals surface area contributed by atoms with Crippen LogP contribution in [0.5, 0.6) is 11.5 Å². The van der Waals surface area contributed by atoms with E-state index in [1.807, 2.05) is 85.9 Å². The van der Waals surface area contributed by atoms with Gasteiger partial charge in [-0.3, -0.25) is 24.5 Å². The highest BCUT2D eigenvalue weighted by Crippen LogP contribution is 2.61. The molecule has 0 spiro atoms. The van der Waals surface area contributed by atoms with Crippen LogP contribution in [0.15, 0.2) is 90.0 Å². The number of anilines is 1. The van der Waals surface area contributed by atoms with E-state index >= 15 is 4.39 Å². The minimum absolute atomic E-state index is 0.0364. The minimum Gasteiger partial charge on any atom is -0.497 e. The number of rotatable bonds is 13. The second-order valence-electron chi connectivity index (χ2n) is 15.8. The second-order valence-corrected chi connectivity index (χ2v) is 17.3. The van der Waals surface area contributed by atoms with Crippen molar-refractivity contribution in [3.8, 4) is 11.5 Å². The average molecular weight is 829 g/mol. The molecule has 5 aromatic rings. The summed E-state index contributed by atoms with van der Waals surface area (Å²) >= 11 is 0. The van der Waals surface area contributed by atoms with Crippen LogP contribution in [-0.4, -0.2) is 88.0 Å². The Morgan fingerprint density at radius 3 is 2.27 bits per heavy atom. The van der Waals surface area contributed by atoms with Gasteiger partial charge in [-0.25, -0.2) is 14.0 Å². The molecule has 7 atom stereocenters. The van der Waals surface area contributed by atoms with Gasteiger partial charge in [0.05, 0.1) is 32.8 Å². The SMILES string of the molecule is COc1ccc(C(OC[C@H]2O[C@@H](n3cnc4c(=O)[nH]c(NC(=O)C(C)C)nc43)[C@H](F)[C@@H]2O[P@@]2O[C@@]3(C)CCCC[C@@H]3N2C)(c2ccccc2)c2ccc(OC)cc2)cc1. The van der Waals surface area contributed by atoms with Crippen LogP contribution >= 0.6 is 8.53 Å². The van der Waals surface area contributed by atoms with Gasteiger partial charge in [-0.15, -0.1) is 0 Å². The van der Waals surface area contributed by atoms with E-state index < -0.39 is 49.9 Å². The molecule has 2 aliphatic heterocycles. The Balaban J connectivity index is 1.20. The first-order chi connectivity index (χ1) is 28.4. The lowest BCUT2D eigenvalue weighted by molar-refractivity contribution is -0.118. The number of nitrogens with zero attached hydrogens (tertiary/aromatic N) is 4. The van der Waals surface area contributed by atoms with E-state index in [4.69, 9.17) is 28.0 Å². The predicted molar refractivity (Wildman–Crippen MR) is 220 cm³/mol. The Labute approximate surface area is 343 Å². The maximum absolute atomic E-state index is 17.5. The molecule has 59 heavy (non-hydrogen) atoms. The number of hydrogen-bond acceptors (Lipinski definition) is 11.